The van der Waals surface area contributed by atoms with Gasteiger partial charge in [-0.1, -0.05) is 0 Å². The van der Waals surface area contributed by atoms with Gasteiger partial charge in [-0.05, 0) is 36.4 Å². The molecule has 0 radical (unpaired) electrons. The van der Waals surface area contributed by atoms with Crippen LogP contribution in [-0.4, -0.2) is 40.5 Å². The van der Waals surface area contributed by atoms with E-state index in [2.05, 4.69) is 20.5 Å². The number of azo groups is 2. The van der Waals surface area contributed by atoms with Crippen LogP contribution in [-0.2, 0) is 0 Å². The predicted molar refractivity (Wildman–Crippen MR) is 152 cm³/mol. The molecule has 0 spiro atoms. The molecule has 1 aromatic heterocycles. The van der Waals surface area contributed by atoms with Crippen molar-refractivity contribution in [3.63, 3.8) is 0 Å². The molecular weight excluding hydrogens is 600 g/mol. The monoisotopic (exact) mass is 616 g/mol. The number of nitro benzene ring substituents is 2. The minimum Gasteiger partial charge on any atom is -0.505 e. The molecule has 0 aliphatic rings. The van der Waals surface area contributed by atoms with Gasteiger partial charge in [-0.15, -0.1) is 10.2 Å². The summed E-state index contributed by atoms with van der Waals surface area (Å²) in [7, 11) is 0. The Labute approximate surface area is 247 Å². The highest BCUT2D eigenvalue weighted by atomic mass is 16.6. The van der Waals surface area contributed by atoms with E-state index < -0.39 is 77.9 Å². The number of non-ortho nitro benzene ring substituents is 2. The molecule has 45 heavy (non-hydrogen) atoms. The van der Waals surface area contributed by atoms with Gasteiger partial charge in [0.15, 0.2) is 51.5 Å². The van der Waals surface area contributed by atoms with Crippen LogP contribution < -0.4 is 5.43 Å². The normalized spacial score (nSPS) is 11.5. The summed E-state index contributed by atoms with van der Waals surface area (Å²) in [5.74, 6) is -6.41. The summed E-state index contributed by atoms with van der Waals surface area (Å²) in [6.07, 6.45) is 0. The number of aromatic hydroxyl groups is 6. The first-order valence-corrected chi connectivity index (χ1v) is 12.2. The van der Waals surface area contributed by atoms with E-state index >= 15 is 0 Å². The van der Waals surface area contributed by atoms with E-state index in [1.54, 1.807) is 0 Å². The zero-order valence-electron chi connectivity index (χ0n) is 22.1. The van der Waals surface area contributed by atoms with Crippen LogP contribution in [0.15, 0.2) is 90.3 Å². The van der Waals surface area contributed by atoms with Crippen molar-refractivity contribution in [1.29, 1.82) is 0 Å². The van der Waals surface area contributed by atoms with Crippen molar-refractivity contribution in [2.75, 3.05) is 0 Å². The Kier molecular flexibility index (Phi) is 7.37. The van der Waals surface area contributed by atoms with Gasteiger partial charge in [0.2, 0.25) is 11.2 Å². The Morgan fingerprint density at radius 1 is 0.600 bits per heavy atom. The minimum atomic E-state index is -1.30. The lowest BCUT2D eigenvalue weighted by atomic mass is 10.1. The van der Waals surface area contributed by atoms with Crippen molar-refractivity contribution in [2.24, 2.45) is 20.5 Å². The molecule has 4 aromatic carbocycles. The van der Waals surface area contributed by atoms with Gasteiger partial charge in [0, 0.05) is 29.8 Å². The molecule has 0 bridgehead atoms. The number of fused-ring (bicyclic) bond motifs is 1. The predicted octanol–water partition coefficient (Wildman–Crippen LogP) is 6.34. The summed E-state index contributed by atoms with van der Waals surface area (Å²) in [5.41, 5.74) is -4.13. The van der Waals surface area contributed by atoms with E-state index in [1.807, 2.05) is 0 Å². The van der Waals surface area contributed by atoms with Crippen LogP contribution in [0.25, 0.3) is 22.3 Å². The molecule has 226 valence electrons. The second-order valence-electron chi connectivity index (χ2n) is 9.02. The van der Waals surface area contributed by atoms with Crippen LogP contribution in [0.4, 0.5) is 34.1 Å². The Morgan fingerprint density at radius 2 is 1.07 bits per heavy atom. The van der Waals surface area contributed by atoms with Crippen molar-refractivity contribution in [3.8, 4) is 45.8 Å². The second-order valence-corrected chi connectivity index (χ2v) is 9.02. The fourth-order valence-corrected chi connectivity index (χ4v) is 3.97. The third-order valence-electron chi connectivity index (χ3n) is 6.20. The van der Waals surface area contributed by atoms with Gasteiger partial charge >= 0.3 is 0 Å². The Morgan fingerprint density at radius 3 is 1.53 bits per heavy atom. The van der Waals surface area contributed by atoms with Crippen LogP contribution in [0, 0.1) is 20.2 Å². The van der Waals surface area contributed by atoms with Gasteiger partial charge < -0.3 is 35.1 Å². The van der Waals surface area contributed by atoms with E-state index in [0.29, 0.717) is 0 Å². The van der Waals surface area contributed by atoms with Gasteiger partial charge in [-0.25, -0.2) is 0 Å². The SMILES string of the molecule is O=c1c(O)c(-c2cc(O)c(O)c(O)c2)oc2c(N=Nc3ccc([N+](=O)[O-])cc3)c(O)c(N=Nc3ccc([N+](=O)[O-])cc3)c(O)c12. The van der Waals surface area contributed by atoms with Gasteiger partial charge in [-0.2, -0.15) is 10.2 Å². The van der Waals surface area contributed by atoms with Crippen molar-refractivity contribution >= 4 is 45.1 Å². The molecule has 0 saturated carbocycles. The number of nitrogens with zero attached hydrogens (tertiary/aromatic N) is 6. The molecule has 18 nitrogen and oxygen atoms in total. The molecule has 0 unspecified atom stereocenters. The van der Waals surface area contributed by atoms with Crippen LogP contribution in [0.3, 0.4) is 0 Å². The highest BCUT2D eigenvalue weighted by molar-refractivity contribution is 6.02. The standard InChI is InChI=1S/C27H16N6O12/c34-16-9-11(10-17(35)21(16)36)26-25(40)23(38)18-22(37)19(30-28-12-1-5-14(6-2-12)32(41)42)24(39)20(27(18)45-26)31-29-13-3-7-15(8-4-13)33(43)44/h1-10,34-37,39-40H. The molecule has 6 N–H and O–H groups in total. The number of phenolic OH excluding ortho intramolecular Hbond substituents is 5. The summed E-state index contributed by atoms with van der Waals surface area (Å²) in [5, 5.41) is 98.8. The van der Waals surface area contributed by atoms with Gasteiger partial charge in [0.05, 0.1) is 21.2 Å². The van der Waals surface area contributed by atoms with Crippen molar-refractivity contribution in [2.45, 2.75) is 0 Å². The fraction of sp³-hybridized carbons (Fsp3) is 0. The van der Waals surface area contributed by atoms with Crippen molar-refractivity contribution in [3.05, 3.63) is 91.1 Å². The zero-order chi connectivity index (χ0) is 32.6. The minimum absolute atomic E-state index is 0.0324. The summed E-state index contributed by atoms with van der Waals surface area (Å²) in [4.78, 5) is 33.9. The molecule has 0 atom stereocenters. The summed E-state index contributed by atoms with van der Waals surface area (Å²) >= 11 is 0. The molecule has 1 heterocycles. The summed E-state index contributed by atoms with van der Waals surface area (Å²) in [6, 6.07) is 11.0. The number of phenols is 5. The first kappa shape index (κ1) is 29.4. The van der Waals surface area contributed by atoms with Crippen LogP contribution >= 0.6 is 0 Å². The third kappa shape index (κ3) is 5.44. The third-order valence-corrected chi connectivity index (χ3v) is 6.20. The molecule has 5 aromatic rings. The maximum absolute atomic E-state index is 13.3. The number of nitro groups is 2. The van der Waals surface area contributed by atoms with E-state index in [4.69, 9.17) is 4.42 Å². The van der Waals surface area contributed by atoms with Crippen molar-refractivity contribution < 1.29 is 44.9 Å². The van der Waals surface area contributed by atoms with Crippen LogP contribution in [0.2, 0.25) is 0 Å². The first-order valence-electron chi connectivity index (χ1n) is 12.2. The Bertz CT molecular complexity index is 2120. The van der Waals surface area contributed by atoms with Crippen LogP contribution in [0.1, 0.15) is 0 Å². The average molecular weight is 616 g/mol. The van der Waals surface area contributed by atoms with Crippen molar-refractivity contribution in [1.82, 2.24) is 0 Å². The molecule has 0 fully saturated rings. The highest BCUT2D eigenvalue weighted by Gasteiger charge is 2.28. The van der Waals surface area contributed by atoms with Gasteiger partial charge in [0.1, 0.15) is 5.39 Å². The largest absolute Gasteiger partial charge is 0.505 e. The van der Waals surface area contributed by atoms with E-state index in [9.17, 15) is 55.7 Å². The Hall–Kier alpha value is -7.11. The average Bonchev–Trinajstić information content (AvgIpc) is 3.01. The Balaban J connectivity index is 1.75. The molecular formula is C27H16N6O12. The quantitative estimate of drug-likeness (QED) is 0.0505. The second kappa shape index (κ2) is 11.3. The highest BCUT2D eigenvalue weighted by Crippen LogP contribution is 2.52. The lowest BCUT2D eigenvalue weighted by molar-refractivity contribution is -0.385. The fourth-order valence-electron chi connectivity index (χ4n) is 3.97. The molecule has 0 aliphatic heterocycles. The smallest absolute Gasteiger partial charge is 0.269 e. The zero-order valence-corrected chi connectivity index (χ0v) is 22.1. The summed E-state index contributed by atoms with van der Waals surface area (Å²) < 4.78 is 5.64. The molecule has 0 saturated heterocycles. The number of hydrogen-bond acceptors (Lipinski definition) is 16. The number of rotatable bonds is 7. The molecule has 0 aliphatic carbocycles. The van der Waals surface area contributed by atoms with Gasteiger partial charge in [0.25, 0.3) is 11.4 Å². The first-order chi connectivity index (χ1) is 21.4. The topological polar surface area (TPSA) is 287 Å². The maximum atomic E-state index is 13.3. The molecule has 18 heteroatoms. The molecule has 5 rings (SSSR count). The molecule has 0 amide bonds. The summed E-state index contributed by atoms with van der Waals surface area (Å²) in [6.45, 7) is 0. The number of benzene rings is 4. The maximum Gasteiger partial charge on any atom is 0.269 e. The number of hydrogen-bond donors (Lipinski definition) is 6. The van der Waals surface area contributed by atoms with E-state index in [1.165, 1.54) is 24.3 Å². The van der Waals surface area contributed by atoms with E-state index in [-0.39, 0.29) is 28.3 Å². The van der Waals surface area contributed by atoms with Crippen LogP contribution in [0.5, 0.6) is 34.5 Å². The van der Waals surface area contributed by atoms with E-state index in [0.717, 1.165) is 36.4 Å². The lowest BCUT2D eigenvalue weighted by Crippen LogP contribution is -2.03. The van der Waals surface area contributed by atoms with Gasteiger partial charge in [-0.3, -0.25) is 25.0 Å². The lowest BCUT2D eigenvalue weighted by Gasteiger charge is -2.12.